The van der Waals surface area contributed by atoms with Crippen LogP contribution in [0.4, 0.5) is 0 Å². The number of carbonyl (C=O) groups is 2. The van der Waals surface area contributed by atoms with Gasteiger partial charge in [0, 0.05) is 32.7 Å². The lowest BCUT2D eigenvalue weighted by Gasteiger charge is -2.49. The van der Waals surface area contributed by atoms with Crippen molar-refractivity contribution in [1.82, 2.24) is 9.80 Å². The molecule has 27 heavy (non-hydrogen) atoms. The SMILES string of the molecule is CN(C)C(=O)C1CCS(=O)(=O)C12CN(C(=O)c1cccc(C(C)(C)C)c1)C2. The molecule has 2 fully saturated rings. The Morgan fingerprint density at radius 1 is 1.19 bits per heavy atom. The summed E-state index contributed by atoms with van der Waals surface area (Å²) in [7, 11) is -0.120. The Labute approximate surface area is 161 Å². The molecule has 2 aliphatic rings. The summed E-state index contributed by atoms with van der Waals surface area (Å²) in [4.78, 5) is 28.4. The Kier molecular flexibility index (Phi) is 4.65. The summed E-state index contributed by atoms with van der Waals surface area (Å²) in [5.74, 6) is -0.899. The standard InChI is InChI=1S/C20H28N2O4S/c1-19(2,3)15-8-6-7-14(11-15)17(23)22-12-20(13-22)16(18(24)21(4)5)9-10-27(20,25)26/h6-8,11,16H,9-10,12-13H2,1-5H3. The first-order chi connectivity index (χ1) is 12.4. The van der Waals surface area contributed by atoms with Gasteiger partial charge in [-0.1, -0.05) is 32.9 Å². The lowest BCUT2D eigenvalue weighted by Crippen LogP contribution is -2.69. The second-order valence-corrected chi connectivity index (χ2v) is 11.4. The molecule has 0 aliphatic carbocycles. The van der Waals surface area contributed by atoms with E-state index in [4.69, 9.17) is 0 Å². The molecule has 7 heteroatoms. The highest BCUT2D eigenvalue weighted by Gasteiger charge is 2.64. The molecule has 2 saturated heterocycles. The lowest BCUT2D eigenvalue weighted by atomic mass is 9.81. The van der Waals surface area contributed by atoms with Crippen molar-refractivity contribution >= 4 is 21.7 Å². The highest BCUT2D eigenvalue weighted by atomic mass is 32.2. The zero-order valence-electron chi connectivity index (χ0n) is 16.7. The van der Waals surface area contributed by atoms with Crippen LogP contribution in [0.15, 0.2) is 24.3 Å². The number of nitrogens with zero attached hydrogens (tertiary/aromatic N) is 2. The van der Waals surface area contributed by atoms with E-state index in [1.807, 2.05) is 18.2 Å². The van der Waals surface area contributed by atoms with Crippen LogP contribution in [0.25, 0.3) is 0 Å². The molecular formula is C20H28N2O4S. The number of rotatable bonds is 2. The van der Waals surface area contributed by atoms with E-state index in [0.717, 1.165) is 5.56 Å². The molecule has 1 atom stereocenters. The van der Waals surface area contributed by atoms with Crippen molar-refractivity contribution in [3.63, 3.8) is 0 Å². The normalized spacial score (nSPS) is 23.1. The third-order valence-corrected chi connectivity index (χ3v) is 8.40. The minimum absolute atomic E-state index is 0.0127. The van der Waals surface area contributed by atoms with Gasteiger partial charge in [0.2, 0.25) is 5.91 Å². The second-order valence-electron chi connectivity index (χ2n) is 8.95. The smallest absolute Gasteiger partial charge is 0.253 e. The average molecular weight is 393 g/mol. The highest BCUT2D eigenvalue weighted by molar-refractivity contribution is 7.93. The Morgan fingerprint density at radius 2 is 1.81 bits per heavy atom. The van der Waals surface area contributed by atoms with Gasteiger partial charge in [0.1, 0.15) is 4.75 Å². The van der Waals surface area contributed by atoms with Gasteiger partial charge in [-0.25, -0.2) is 8.42 Å². The first-order valence-corrected chi connectivity index (χ1v) is 10.9. The van der Waals surface area contributed by atoms with Crippen LogP contribution < -0.4 is 0 Å². The van der Waals surface area contributed by atoms with Crippen LogP contribution in [0.1, 0.15) is 43.1 Å². The molecule has 0 bridgehead atoms. The Hall–Kier alpha value is -1.89. The fraction of sp³-hybridized carbons (Fsp3) is 0.600. The Balaban J connectivity index is 1.83. The van der Waals surface area contributed by atoms with Crippen LogP contribution >= 0.6 is 0 Å². The predicted molar refractivity (Wildman–Crippen MR) is 104 cm³/mol. The molecule has 0 aromatic heterocycles. The van der Waals surface area contributed by atoms with E-state index in [0.29, 0.717) is 12.0 Å². The fourth-order valence-electron chi connectivity index (χ4n) is 4.08. The number of carbonyl (C=O) groups excluding carboxylic acids is 2. The van der Waals surface area contributed by atoms with E-state index in [-0.39, 0.29) is 36.1 Å². The molecule has 3 rings (SSSR count). The summed E-state index contributed by atoms with van der Waals surface area (Å²) < 4.78 is 24.3. The van der Waals surface area contributed by atoms with Gasteiger partial charge >= 0.3 is 0 Å². The van der Waals surface area contributed by atoms with Crippen molar-refractivity contribution in [3.8, 4) is 0 Å². The average Bonchev–Trinajstić information content (AvgIpc) is 2.82. The topological polar surface area (TPSA) is 74.8 Å². The van der Waals surface area contributed by atoms with E-state index in [1.165, 1.54) is 4.90 Å². The molecule has 2 heterocycles. The zero-order chi connectivity index (χ0) is 20.2. The number of hydrogen-bond donors (Lipinski definition) is 0. The number of benzene rings is 1. The van der Waals surface area contributed by atoms with Crippen LogP contribution in [-0.4, -0.2) is 67.7 Å². The van der Waals surface area contributed by atoms with Gasteiger partial charge in [-0.05, 0) is 29.5 Å². The summed E-state index contributed by atoms with van der Waals surface area (Å²) in [6, 6.07) is 7.47. The molecule has 6 nitrogen and oxygen atoms in total. The van der Waals surface area contributed by atoms with Crippen molar-refractivity contribution in [2.24, 2.45) is 5.92 Å². The monoisotopic (exact) mass is 392 g/mol. The minimum atomic E-state index is -3.40. The molecule has 2 aliphatic heterocycles. The third-order valence-electron chi connectivity index (χ3n) is 5.85. The maximum Gasteiger partial charge on any atom is 0.253 e. The van der Waals surface area contributed by atoms with Gasteiger partial charge in [0.25, 0.3) is 5.91 Å². The molecule has 1 spiro atoms. The molecule has 0 N–H and O–H groups in total. The van der Waals surface area contributed by atoms with Gasteiger partial charge in [-0.2, -0.15) is 0 Å². The van der Waals surface area contributed by atoms with Crippen molar-refractivity contribution < 1.29 is 18.0 Å². The summed E-state index contributed by atoms with van der Waals surface area (Å²) >= 11 is 0. The van der Waals surface area contributed by atoms with Gasteiger partial charge < -0.3 is 9.80 Å². The highest BCUT2D eigenvalue weighted by Crippen LogP contribution is 2.45. The van der Waals surface area contributed by atoms with E-state index < -0.39 is 20.5 Å². The van der Waals surface area contributed by atoms with E-state index in [2.05, 4.69) is 20.8 Å². The predicted octanol–water partition coefficient (Wildman–Crippen LogP) is 1.70. The summed E-state index contributed by atoms with van der Waals surface area (Å²) in [6.07, 6.45) is 0.334. The lowest BCUT2D eigenvalue weighted by molar-refractivity contribution is -0.135. The van der Waals surface area contributed by atoms with Crippen molar-refractivity contribution in [2.75, 3.05) is 32.9 Å². The second kappa shape index (κ2) is 6.33. The van der Waals surface area contributed by atoms with Crippen LogP contribution in [0.5, 0.6) is 0 Å². The number of amides is 2. The Morgan fingerprint density at radius 3 is 2.37 bits per heavy atom. The van der Waals surface area contributed by atoms with Gasteiger partial charge in [-0.3, -0.25) is 9.59 Å². The number of likely N-dealkylation sites (tertiary alicyclic amines) is 1. The number of hydrogen-bond acceptors (Lipinski definition) is 4. The molecule has 1 unspecified atom stereocenters. The van der Waals surface area contributed by atoms with Gasteiger partial charge in [0.05, 0.1) is 11.7 Å². The van der Waals surface area contributed by atoms with Crippen molar-refractivity contribution in [2.45, 2.75) is 37.4 Å². The fourth-order valence-corrected chi connectivity index (χ4v) is 6.39. The summed E-state index contributed by atoms with van der Waals surface area (Å²) in [5, 5.41) is 0. The summed E-state index contributed by atoms with van der Waals surface area (Å²) in [5.41, 5.74) is 1.53. The van der Waals surface area contributed by atoms with Gasteiger partial charge in [0.15, 0.2) is 9.84 Å². The molecule has 1 aromatic carbocycles. The molecular weight excluding hydrogens is 364 g/mol. The third kappa shape index (κ3) is 3.16. The van der Waals surface area contributed by atoms with Crippen molar-refractivity contribution in [1.29, 1.82) is 0 Å². The molecule has 0 radical (unpaired) electrons. The minimum Gasteiger partial charge on any atom is -0.349 e. The molecule has 0 saturated carbocycles. The van der Waals surface area contributed by atoms with Crippen molar-refractivity contribution in [3.05, 3.63) is 35.4 Å². The maximum absolute atomic E-state index is 12.9. The largest absolute Gasteiger partial charge is 0.349 e. The van der Waals surface area contributed by atoms with E-state index >= 15 is 0 Å². The molecule has 1 aromatic rings. The summed E-state index contributed by atoms with van der Waals surface area (Å²) in [6.45, 7) is 6.43. The number of sulfone groups is 1. The van der Waals surface area contributed by atoms with Crippen LogP contribution in [-0.2, 0) is 20.0 Å². The zero-order valence-corrected chi connectivity index (χ0v) is 17.5. The van der Waals surface area contributed by atoms with Crippen LogP contribution in [0, 0.1) is 5.92 Å². The van der Waals surface area contributed by atoms with E-state index in [1.54, 1.807) is 25.1 Å². The maximum atomic E-state index is 12.9. The van der Waals surface area contributed by atoms with Gasteiger partial charge in [-0.15, -0.1) is 0 Å². The van der Waals surface area contributed by atoms with Crippen LogP contribution in [0.3, 0.4) is 0 Å². The van der Waals surface area contributed by atoms with Crippen LogP contribution in [0.2, 0.25) is 0 Å². The quantitative estimate of drug-likeness (QED) is 0.768. The first-order valence-electron chi connectivity index (χ1n) is 9.22. The molecule has 2 amide bonds. The van der Waals surface area contributed by atoms with E-state index in [9.17, 15) is 18.0 Å². The molecule has 148 valence electrons. The Bertz CT molecular complexity index is 877. The first kappa shape index (κ1) is 19.9.